The highest BCUT2D eigenvalue weighted by Crippen LogP contribution is 2.37. The van der Waals surface area contributed by atoms with Gasteiger partial charge in [0.15, 0.2) is 0 Å². The molecule has 3 aromatic rings. The van der Waals surface area contributed by atoms with E-state index in [4.69, 9.17) is 4.74 Å². The summed E-state index contributed by atoms with van der Waals surface area (Å²) < 4.78 is 45.3. The zero-order chi connectivity index (χ0) is 20.5. The molecule has 0 spiro atoms. The maximum atomic E-state index is 13.0. The number of hydrogen-bond donors (Lipinski definition) is 1. The highest BCUT2D eigenvalue weighted by Gasteiger charge is 2.31. The van der Waals surface area contributed by atoms with Crippen LogP contribution in [0.1, 0.15) is 33.4 Å². The highest BCUT2D eigenvalue weighted by atomic mass is 32.1. The fourth-order valence-electron chi connectivity index (χ4n) is 2.52. The number of carbonyl (C=O) groups is 1. The van der Waals surface area contributed by atoms with Gasteiger partial charge in [0.1, 0.15) is 10.8 Å². The molecule has 0 saturated heterocycles. The standard InChI is InChI=1S/C18H16F3N3O3S/c1-3-27-17(26)12-7-22-24(8-12)9-15-10(2)28-16(23-15)11-4-13(18(19,20)21)6-14(25)5-11/h4-8,25H,3,9H2,1-2H3. The lowest BCUT2D eigenvalue weighted by Gasteiger charge is -2.08. The number of esters is 1. The van der Waals surface area contributed by atoms with E-state index >= 15 is 0 Å². The first-order chi connectivity index (χ1) is 13.2. The molecule has 0 aliphatic heterocycles. The largest absolute Gasteiger partial charge is 0.508 e. The van der Waals surface area contributed by atoms with Gasteiger partial charge < -0.3 is 9.84 Å². The lowest BCUT2D eigenvalue weighted by atomic mass is 10.1. The maximum Gasteiger partial charge on any atom is 0.416 e. The fourth-order valence-corrected chi connectivity index (χ4v) is 3.43. The van der Waals surface area contributed by atoms with Gasteiger partial charge in [-0.25, -0.2) is 9.78 Å². The fraction of sp³-hybridized carbons (Fsp3) is 0.278. The van der Waals surface area contributed by atoms with E-state index in [2.05, 4.69) is 10.1 Å². The van der Waals surface area contributed by atoms with Crippen molar-refractivity contribution in [1.82, 2.24) is 14.8 Å². The van der Waals surface area contributed by atoms with Gasteiger partial charge in [-0.05, 0) is 32.0 Å². The monoisotopic (exact) mass is 411 g/mol. The summed E-state index contributed by atoms with van der Waals surface area (Å²) in [6.45, 7) is 3.99. The number of thiazole rings is 1. The number of alkyl halides is 3. The van der Waals surface area contributed by atoms with Crippen molar-refractivity contribution < 1.29 is 27.8 Å². The molecular formula is C18H16F3N3O3S. The topological polar surface area (TPSA) is 77.2 Å². The van der Waals surface area contributed by atoms with Gasteiger partial charge >= 0.3 is 12.1 Å². The molecule has 3 rings (SSSR count). The van der Waals surface area contributed by atoms with E-state index < -0.39 is 23.5 Å². The quantitative estimate of drug-likeness (QED) is 0.635. The van der Waals surface area contributed by atoms with E-state index in [1.165, 1.54) is 34.5 Å². The van der Waals surface area contributed by atoms with Crippen LogP contribution in [0.4, 0.5) is 13.2 Å². The molecule has 2 heterocycles. The molecule has 0 radical (unpaired) electrons. The number of benzene rings is 1. The Bertz CT molecular complexity index is 1010. The number of carbonyl (C=O) groups excluding carboxylic acids is 1. The third-order valence-corrected chi connectivity index (χ3v) is 4.90. The van der Waals surface area contributed by atoms with Crippen molar-refractivity contribution in [3.63, 3.8) is 0 Å². The molecule has 0 aliphatic carbocycles. The molecule has 2 aromatic heterocycles. The number of nitrogens with zero attached hydrogens (tertiary/aromatic N) is 3. The predicted octanol–water partition coefficient (Wildman–Crippen LogP) is 4.26. The molecule has 0 amide bonds. The lowest BCUT2D eigenvalue weighted by molar-refractivity contribution is -0.137. The van der Waals surface area contributed by atoms with Gasteiger partial charge in [0.05, 0.1) is 36.2 Å². The number of ether oxygens (including phenoxy) is 1. The van der Waals surface area contributed by atoms with Gasteiger partial charge in [0, 0.05) is 16.6 Å². The van der Waals surface area contributed by atoms with E-state index in [1.54, 1.807) is 13.8 Å². The van der Waals surface area contributed by atoms with Crippen molar-refractivity contribution >= 4 is 17.3 Å². The Kier molecular flexibility index (Phi) is 5.41. The van der Waals surface area contributed by atoms with Crippen molar-refractivity contribution in [2.24, 2.45) is 0 Å². The van der Waals surface area contributed by atoms with Crippen LogP contribution < -0.4 is 0 Å². The number of hydrogen-bond acceptors (Lipinski definition) is 6. The van der Waals surface area contributed by atoms with Gasteiger partial charge in [-0.15, -0.1) is 11.3 Å². The summed E-state index contributed by atoms with van der Waals surface area (Å²) in [5.74, 6) is -0.964. The zero-order valence-electron chi connectivity index (χ0n) is 14.9. The van der Waals surface area contributed by atoms with E-state index in [-0.39, 0.29) is 18.7 Å². The molecule has 0 unspecified atom stereocenters. The Hall–Kier alpha value is -2.88. The van der Waals surface area contributed by atoms with E-state index in [0.29, 0.717) is 22.3 Å². The first-order valence-corrected chi connectivity index (χ1v) is 9.06. The first kappa shape index (κ1) is 19.9. The Morgan fingerprint density at radius 2 is 2.07 bits per heavy atom. The van der Waals surface area contributed by atoms with Crippen LogP contribution >= 0.6 is 11.3 Å². The number of halogens is 3. The van der Waals surface area contributed by atoms with Crippen LogP contribution in [-0.4, -0.2) is 32.4 Å². The summed E-state index contributed by atoms with van der Waals surface area (Å²) in [5, 5.41) is 14.1. The van der Waals surface area contributed by atoms with Gasteiger partial charge in [0.25, 0.3) is 0 Å². The normalized spacial score (nSPS) is 11.6. The van der Waals surface area contributed by atoms with Crippen LogP contribution in [0, 0.1) is 6.92 Å². The first-order valence-electron chi connectivity index (χ1n) is 8.25. The van der Waals surface area contributed by atoms with Gasteiger partial charge in [-0.3, -0.25) is 4.68 Å². The van der Waals surface area contributed by atoms with E-state index in [9.17, 15) is 23.1 Å². The molecule has 0 atom stereocenters. The Morgan fingerprint density at radius 3 is 2.75 bits per heavy atom. The van der Waals surface area contributed by atoms with Gasteiger partial charge in [-0.1, -0.05) is 0 Å². The number of aromatic nitrogens is 3. The SMILES string of the molecule is CCOC(=O)c1cnn(Cc2nc(-c3cc(O)cc(C(F)(F)F)c3)sc2C)c1. The predicted molar refractivity (Wildman–Crippen MR) is 96.2 cm³/mol. The smallest absolute Gasteiger partial charge is 0.416 e. The second-order valence-electron chi connectivity index (χ2n) is 5.94. The third kappa shape index (κ3) is 4.33. The summed E-state index contributed by atoms with van der Waals surface area (Å²) >= 11 is 1.21. The van der Waals surface area contributed by atoms with Crippen LogP contribution in [0.25, 0.3) is 10.6 Å². The van der Waals surface area contributed by atoms with Crippen LogP contribution in [-0.2, 0) is 17.5 Å². The van der Waals surface area contributed by atoms with Crippen molar-refractivity contribution in [3.05, 3.63) is 52.3 Å². The average molecular weight is 411 g/mol. The molecule has 148 valence electrons. The van der Waals surface area contributed by atoms with Crippen LogP contribution in [0.3, 0.4) is 0 Å². The molecule has 1 N–H and O–H groups in total. The Morgan fingerprint density at radius 1 is 1.32 bits per heavy atom. The van der Waals surface area contributed by atoms with Crippen molar-refractivity contribution in [2.45, 2.75) is 26.6 Å². The van der Waals surface area contributed by atoms with Crippen molar-refractivity contribution in [1.29, 1.82) is 0 Å². The van der Waals surface area contributed by atoms with Crippen molar-refractivity contribution in [3.8, 4) is 16.3 Å². The van der Waals surface area contributed by atoms with Crippen LogP contribution in [0.5, 0.6) is 5.75 Å². The zero-order valence-corrected chi connectivity index (χ0v) is 15.8. The van der Waals surface area contributed by atoms with Crippen molar-refractivity contribution in [2.75, 3.05) is 6.61 Å². The molecule has 0 saturated carbocycles. The number of rotatable bonds is 5. The number of aryl methyl sites for hydroxylation is 1. The Labute approximate surface area is 162 Å². The lowest BCUT2D eigenvalue weighted by Crippen LogP contribution is -2.05. The minimum Gasteiger partial charge on any atom is -0.508 e. The van der Waals surface area contributed by atoms with Crippen LogP contribution in [0.2, 0.25) is 0 Å². The van der Waals surface area contributed by atoms with E-state index in [1.807, 2.05) is 0 Å². The Balaban J connectivity index is 1.86. The molecule has 28 heavy (non-hydrogen) atoms. The van der Waals surface area contributed by atoms with E-state index in [0.717, 1.165) is 10.9 Å². The summed E-state index contributed by atoms with van der Waals surface area (Å²) in [4.78, 5) is 16.9. The minimum atomic E-state index is -4.57. The van der Waals surface area contributed by atoms with Gasteiger partial charge in [-0.2, -0.15) is 18.3 Å². The molecular weight excluding hydrogens is 395 g/mol. The second-order valence-corrected chi connectivity index (χ2v) is 7.14. The highest BCUT2D eigenvalue weighted by molar-refractivity contribution is 7.15. The average Bonchev–Trinajstić information content (AvgIpc) is 3.22. The number of phenols is 1. The summed E-state index contributed by atoms with van der Waals surface area (Å²) in [5.41, 5.74) is 0.149. The maximum absolute atomic E-state index is 13.0. The third-order valence-electron chi connectivity index (χ3n) is 3.84. The molecule has 6 nitrogen and oxygen atoms in total. The number of aromatic hydroxyl groups is 1. The summed E-state index contributed by atoms with van der Waals surface area (Å²) in [7, 11) is 0. The molecule has 10 heteroatoms. The molecule has 0 fully saturated rings. The minimum absolute atomic E-state index is 0.180. The summed E-state index contributed by atoms with van der Waals surface area (Å²) in [6.07, 6.45) is -1.67. The summed E-state index contributed by atoms with van der Waals surface area (Å²) in [6, 6.07) is 2.87. The molecule has 1 aromatic carbocycles. The molecule has 0 aliphatic rings. The van der Waals surface area contributed by atoms with Crippen LogP contribution in [0.15, 0.2) is 30.6 Å². The molecule has 0 bridgehead atoms. The second kappa shape index (κ2) is 7.63. The number of phenolic OH excluding ortho intramolecular Hbond substituents is 1. The van der Waals surface area contributed by atoms with Gasteiger partial charge in [0.2, 0.25) is 0 Å².